The average Bonchev–Trinajstić information content (AvgIpc) is 3.11. The summed E-state index contributed by atoms with van der Waals surface area (Å²) in [5, 5.41) is 14.2. The van der Waals surface area contributed by atoms with Crippen LogP contribution in [0, 0.1) is 13.8 Å². The van der Waals surface area contributed by atoms with Gasteiger partial charge in [-0.15, -0.1) is 10.2 Å². The molecule has 1 amide bonds. The molecule has 0 aliphatic carbocycles. The van der Waals surface area contributed by atoms with Crippen molar-refractivity contribution in [1.82, 2.24) is 14.8 Å². The van der Waals surface area contributed by atoms with Crippen molar-refractivity contribution in [2.75, 3.05) is 11.1 Å². The molecule has 0 atom stereocenters. The van der Waals surface area contributed by atoms with E-state index < -0.39 is 0 Å². The maximum atomic E-state index is 12.5. The van der Waals surface area contributed by atoms with Gasteiger partial charge < -0.3 is 14.6 Å². The Kier molecular flexibility index (Phi) is 6.23. The van der Waals surface area contributed by atoms with E-state index in [1.54, 1.807) is 0 Å². The van der Waals surface area contributed by atoms with Crippen molar-refractivity contribution in [3.8, 4) is 5.75 Å². The van der Waals surface area contributed by atoms with E-state index in [4.69, 9.17) is 4.74 Å². The van der Waals surface area contributed by atoms with E-state index in [9.17, 15) is 4.79 Å². The molecule has 1 N–H and O–H groups in total. The Morgan fingerprint density at radius 1 is 1.06 bits per heavy atom. The summed E-state index contributed by atoms with van der Waals surface area (Å²) in [7, 11) is 1.88. The lowest BCUT2D eigenvalue weighted by Gasteiger charge is -2.10. The summed E-state index contributed by atoms with van der Waals surface area (Å²) < 4.78 is 7.77. The highest BCUT2D eigenvalue weighted by Crippen LogP contribution is 2.24. The molecule has 0 aliphatic heterocycles. The second kappa shape index (κ2) is 9.22. The monoisotopic (exact) mass is 432 g/mol. The molecular formula is C24H24N4O2S. The number of fused-ring (bicyclic) bond motifs is 1. The Hall–Kier alpha value is -3.32. The van der Waals surface area contributed by atoms with Gasteiger partial charge in [0.15, 0.2) is 11.0 Å². The molecule has 0 fully saturated rings. The molecule has 0 saturated heterocycles. The summed E-state index contributed by atoms with van der Waals surface area (Å²) in [6, 6.07) is 19.9. The fraction of sp³-hybridized carbons (Fsp3) is 0.208. The third-order valence-electron chi connectivity index (χ3n) is 5.01. The van der Waals surface area contributed by atoms with Crippen LogP contribution in [0.5, 0.6) is 5.75 Å². The quantitative estimate of drug-likeness (QED) is 0.421. The molecule has 0 saturated carbocycles. The Labute approximate surface area is 185 Å². The van der Waals surface area contributed by atoms with Crippen LogP contribution < -0.4 is 10.1 Å². The smallest absolute Gasteiger partial charge is 0.234 e. The molecule has 0 spiro atoms. The molecule has 1 aromatic heterocycles. The van der Waals surface area contributed by atoms with Gasteiger partial charge in [0.05, 0.1) is 5.75 Å². The van der Waals surface area contributed by atoms with E-state index >= 15 is 0 Å². The Balaban J connectivity index is 1.35. The highest BCUT2D eigenvalue weighted by atomic mass is 32.2. The van der Waals surface area contributed by atoms with Crippen LogP contribution in [0.25, 0.3) is 10.8 Å². The number of carbonyl (C=O) groups excluding carboxylic acids is 1. The largest absolute Gasteiger partial charge is 0.485 e. The number of thioether (sulfide) groups is 1. The minimum absolute atomic E-state index is 0.0857. The number of benzene rings is 3. The third-order valence-corrected chi connectivity index (χ3v) is 6.03. The molecule has 31 heavy (non-hydrogen) atoms. The van der Waals surface area contributed by atoms with Crippen molar-refractivity contribution < 1.29 is 9.53 Å². The zero-order valence-electron chi connectivity index (χ0n) is 17.8. The van der Waals surface area contributed by atoms with Gasteiger partial charge in [-0.3, -0.25) is 4.79 Å². The van der Waals surface area contributed by atoms with Crippen molar-refractivity contribution >= 4 is 34.1 Å². The number of aromatic nitrogens is 3. The van der Waals surface area contributed by atoms with Crippen molar-refractivity contribution in [1.29, 1.82) is 0 Å². The average molecular weight is 433 g/mol. The number of ether oxygens (including phenoxy) is 1. The number of amides is 1. The van der Waals surface area contributed by atoms with E-state index in [0.29, 0.717) is 17.6 Å². The van der Waals surface area contributed by atoms with Crippen molar-refractivity contribution in [2.24, 2.45) is 7.05 Å². The summed E-state index contributed by atoms with van der Waals surface area (Å²) in [6.07, 6.45) is 0. The van der Waals surface area contributed by atoms with Gasteiger partial charge in [0.2, 0.25) is 5.91 Å². The van der Waals surface area contributed by atoms with Gasteiger partial charge in [0.25, 0.3) is 0 Å². The molecular weight excluding hydrogens is 408 g/mol. The van der Waals surface area contributed by atoms with Crippen LogP contribution in [0.4, 0.5) is 5.69 Å². The third kappa shape index (κ3) is 4.88. The van der Waals surface area contributed by atoms with Crippen LogP contribution in [-0.2, 0) is 18.4 Å². The first kappa shape index (κ1) is 20.9. The number of carbonyl (C=O) groups is 1. The minimum atomic E-state index is -0.0857. The van der Waals surface area contributed by atoms with Gasteiger partial charge in [-0.25, -0.2) is 0 Å². The highest BCUT2D eigenvalue weighted by Gasteiger charge is 2.13. The van der Waals surface area contributed by atoms with Gasteiger partial charge in [0, 0.05) is 18.1 Å². The normalized spacial score (nSPS) is 10.9. The number of hydrogen-bond donors (Lipinski definition) is 1. The second-order valence-corrected chi connectivity index (χ2v) is 8.32. The van der Waals surface area contributed by atoms with E-state index in [0.717, 1.165) is 27.8 Å². The molecule has 1 heterocycles. The molecule has 0 aliphatic rings. The van der Waals surface area contributed by atoms with Gasteiger partial charge >= 0.3 is 0 Å². The predicted molar refractivity (Wildman–Crippen MR) is 125 cm³/mol. The molecule has 0 radical (unpaired) electrons. The van der Waals surface area contributed by atoms with E-state index in [1.807, 2.05) is 73.1 Å². The molecule has 158 valence electrons. The SMILES string of the molecule is Cc1ccc(OCc2nnc(SCC(=O)Nc3cccc4ccccc34)n2C)c(C)c1. The summed E-state index contributed by atoms with van der Waals surface area (Å²) >= 11 is 1.35. The lowest BCUT2D eigenvalue weighted by molar-refractivity contribution is -0.113. The molecule has 6 nitrogen and oxygen atoms in total. The van der Waals surface area contributed by atoms with Crippen LogP contribution in [-0.4, -0.2) is 26.4 Å². The standard InChI is InChI=1S/C24H24N4O2S/c1-16-11-12-21(17(2)13-16)30-14-22-26-27-24(28(22)3)31-15-23(29)25-20-10-6-8-18-7-4-5-9-19(18)20/h4-13H,14-15H2,1-3H3,(H,25,29). The predicted octanol–water partition coefficient (Wildman–Crippen LogP) is 4.89. The number of anilines is 1. The number of rotatable bonds is 7. The summed E-state index contributed by atoms with van der Waals surface area (Å²) in [4.78, 5) is 12.5. The van der Waals surface area contributed by atoms with Gasteiger partial charge in [0.1, 0.15) is 12.4 Å². The molecule has 0 bridgehead atoms. The first-order valence-corrected chi connectivity index (χ1v) is 11.0. The summed E-state index contributed by atoms with van der Waals surface area (Å²) in [5.74, 6) is 1.69. The molecule has 3 aromatic carbocycles. The Bertz CT molecular complexity index is 1230. The molecule has 4 rings (SSSR count). The van der Waals surface area contributed by atoms with Crippen LogP contribution in [0.15, 0.2) is 65.8 Å². The maximum Gasteiger partial charge on any atom is 0.234 e. The van der Waals surface area contributed by atoms with Crippen LogP contribution in [0.3, 0.4) is 0 Å². The number of nitrogens with zero attached hydrogens (tertiary/aromatic N) is 3. The summed E-state index contributed by atoms with van der Waals surface area (Å²) in [6.45, 7) is 4.39. The topological polar surface area (TPSA) is 69.0 Å². The van der Waals surface area contributed by atoms with Crippen LogP contribution >= 0.6 is 11.8 Å². The zero-order chi connectivity index (χ0) is 21.8. The fourth-order valence-electron chi connectivity index (χ4n) is 3.35. The lowest BCUT2D eigenvalue weighted by Crippen LogP contribution is -2.14. The lowest BCUT2D eigenvalue weighted by atomic mass is 10.1. The van der Waals surface area contributed by atoms with Crippen LogP contribution in [0.2, 0.25) is 0 Å². The maximum absolute atomic E-state index is 12.5. The second-order valence-electron chi connectivity index (χ2n) is 7.38. The Morgan fingerprint density at radius 2 is 1.87 bits per heavy atom. The first-order valence-electron chi connectivity index (χ1n) is 10.00. The highest BCUT2D eigenvalue weighted by molar-refractivity contribution is 7.99. The van der Waals surface area contributed by atoms with Gasteiger partial charge in [-0.05, 0) is 36.9 Å². The Morgan fingerprint density at radius 3 is 2.71 bits per heavy atom. The van der Waals surface area contributed by atoms with Gasteiger partial charge in [-0.2, -0.15) is 0 Å². The molecule has 7 heteroatoms. The summed E-state index contributed by atoms with van der Waals surface area (Å²) in [5.41, 5.74) is 3.09. The van der Waals surface area contributed by atoms with E-state index in [2.05, 4.69) is 28.5 Å². The van der Waals surface area contributed by atoms with Crippen molar-refractivity contribution in [3.05, 3.63) is 77.6 Å². The fourth-order valence-corrected chi connectivity index (χ4v) is 4.08. The van der Waals surface area contributed by atoms with Crippen LogP contribution in [0.1, 0.15) is 17.0 Å². The zero-order valence-corrected chi connectivity index (χ0v) is 18.6. The number of hydrogen-bond acceptors (Lipinski definition) is 5. The van der Waals surface area contributed by atoms with Crippen molar-refractivity contribution in [3.63, 3.8) is 0 Å². The molecule has 0 unspecified atom stereocenters. The minimum Gasteiger partial charge on any atom is -0.485 e. The number of nitrogens with one attached hydrogen (secondary N) is 1. The number of aryl methyl sites for hydroxylation is 2. The van der Waals surface area contributed by atoms with Gasteiger partial charge in [-0.1, -0.05) is 65.9 Å². The first-order chi connectivity index (χ1) is 15.0. The van der Waals surface area contributed by atoms with E-state index in [-0.39, 0.29) is 11.7 Å². The molecule has 4 aromatic rings. The van der Waals surface area contributed by atoms with E-state index in [1.165, 1.54) is 17.3 Å². The van der Waals surface area contributed by atoms with Crippen molar-refractivity contribution in [2.45, 2.75) is 25.6 Å².